The number of hydrogen-bond acceptors (Lipinski definition) is 3. The lowest BCUT2D eigenvalue weighted by atomic mass is 10.0. The highest BCUT2D eigenvalue weighted by Crippen LogP contribution is 2.35. The van der Waals surface area contributed by atoms with Crippen molar-refractivity contribution in [3.05, 3.63) is 69.7 Å². The van der Waals surface area contributed by atoms with Gasteiger partial charge in [-0.1, -0.05) is 59.6 Å². The molecule has 0 aliphatic carbocycles. The molecule has 2 aromatic rings. The van der Waals surface area contributed by atoms with Crippen LogP contribution in [0, 0.1) is 0 Å². The van der Waals surface area contributed by atoms with Crippen LogP contribution in [0.15, 0.2) is 48.5 Å². The van der Waals surface area contributed by atoms with Gasteiger partial charge in [0, 0.05) is 54.6 Å². The summed E-state index contributed by atoms with van der Waals surface area (Å²) in [5.74, 6) is 0.0677. The van der Waals surface area contributed by atoms with E-state index in [1.165, 1.54) is 0 Å². The molecule has 2 unspecified atom stereocenters. The van der Waals surface area contributed by atoms with Crippen LogP contribution in [0.5, 0.6) is 0 Å². The van der Waals surface area contributed by atoms with Crippen molar-refractivity contribution in [2.24, 2.45) is 0 Å². The molecule has 0 aromatic heterocycles. The van der Waals surface area contributed by atoms with Crippen LogP contribution in [0.4, 0.5) is 4.79 Å². The lowest BCUT2D eigenvalue weighted by Gasteiger charge is -2.34. The van der Waals surface area contributed by atoms with Crippen LogP contribution in [0.2, 0.25) is 10.0 Å². The van der Waals surface area contributed by atoms with Gasteiger partial charge in [-0.05, 0) is 30.5 Å². The maximum absolute atomic E-state index is 12.5. The van der Waals surface area contributed by atoms with Gasteiger partial charge in [0.2, 0.25) is 5.91 Å². The molecule has 2 aliphatic heterocycles. The molecule has 0 spiro atoms. The summed E-state index contributed by atoms with van der Waals surface area (Å²) in [7, 11) is 0. The lowest BCUT2D eigenvalue weighted by molar-refractivity contribution is -0.145. The van der Waals surface area contributed by atoms with E-state index in [4.69, 9.17) is 27.9 Å². The third-order valence-corrected chi connectivity index (χ3v) is 6.47. The van der Waals surface area contributed by atoms with Crippen molar-refractivity contribution in [1.29, 1.82) is 0 Å². The normalized spacial score (nSPS) is 17.8. The van der Waals surface area contributed by atoms with Crippen molar-refractivity contribution in [2.75, 3.05) is 26.2 Å². The van der Waals surface area contributed by atoms with Gasteiger partial charge in [0.15, 0.2) is 0 Å². The zero-order chi connectivity index (χ0) is 22.5. The molecule has 6 nitrogen and oxygen atoms in total. The minimum atomic E-state index is -0.487. The number of benzene rings is 2. The second-order valence-electron chi connectivity index (χ2n) is 8.10. The second kappa shape index (κ2) is 10.6. The summed E-state index contributed by atoms with van der Waals surface area (Å²) < 4.78 is 6.59. The summed E-state index contributed by atoms with van der Waals surface area (Å²) in [5.41, 5.74) is 1.71. The SMILES string of the molecule is O=C(NCCC(OC(c1ccccc1)c1ccc(Cl)cc1Cl)N1CCCC1=O)N1CCC1. The maximum atomic E-state index is 12.5. The molecule has 2 heterocycles. The van der Waals surface area contributed by atoms with E-state index < -0.39 is 12.3 Å². The Hall–Kier alpha value is -2.28. The molecule has 170 valence electrons. The van der Waals surface area contributed by atoms with Gasteiger partial charge in [-0.2, -0.15) is 0 Å². The van der Waals surface area contributed by atoms with E-state index in [-0.39, 0.29) is 11.9 Å². The molecule has 2 atom stereocenters. The molecule has 1 N–H and O–H groups in total. The first kappa shape index (κ1) is 22.9. The average molecular weight is 476 g/mol. The van der Waals surface area contributed by atoms with Crippen molar-refractivity contribution in [1.82, 2.24) is 15.1 Å². The van der Waals surface area contributed by atoms with Crippen molar-refractivity contribution in [2.45, 2.75) is 38.0 Å². The number of carbonyl (C=O) groups is 2. The number of amides is 3. The molecule has 8 heteroatoms. The quantitative estimate of drug-likeness (QED) is 0.593. The molecule has 3 amide bonds. The Bertz CT molecular complexity index is 953. The zero-order valence-electron chi connectivity index (χ0n) is 17.8. The van der Waals surface area contributed by atoms with Gasteiger partial charge in [0.05, 0.1) is 0 Å². The third kappa shape index (κ3) is 5.37. The van der Waals surface area contributed by atoms with E-state index in [0.717, 1.165) is 37.1 Å². The summed E-state index contributed by atoms with van der Waals surface area (Å²) in [6.07, 6.45) is 1.87. The van der Waals surface area contributed by atoms with Crippen molar-refractivity contribution in [3.63, 3.8) is 0 Å². The topological polar surface area (TPSA) is 61.9 Å². The molecule has 0 saturated carbocycles. The molecule has 2 aliphatic rings. The first-order chi connectivity index (χ1) is 15.5. The van der Waals surface area contributed by atoms with Gasteiger partial charge in [0.1, 0.15) is 12.3 Å². The number of carbonyl (C=O) groups excluding carboxylic acids is 2. The van der Waals surface area contributed by atoms with Gasteiger partial charge in [0.25, 0.3) is 0 Å². The molecule has 2 aromatic carbocycles. The Morgan fingerprint density at radius 3 is 2.47 bits per heavy atom. The van der Waals surface area contributed by atoms with Gasteiger partial charge in [-0.25, -0.2) is 4.79 Å². The number of nitrogens with one attached hydrogen (secondary N) is 1. The summed E-state index contributed by atoms with van der Waals surface area (Å²) >= 11 is 12.7. The summed E-state index contributed by atoms with van der Waals surface area (Å²) in [5, 5.41) is 4.00. The molecule has 0 bridgehead atoms. The standard InChI is InChI=1S/C24H27Cl2N3O3/c25-18-9-10-19(20(26)16-18)23(17-6-2-1-3-7-17)32-22(29-15-4-8-21(29)30)11-12-27-24(31)28-13-5-14-28/h1-3,6-7,9-10,16,22-23H,4-5,8,11-15H2,(H,27,31). The van der Waals surface area contributed by atoms with Crippen LogP contribution in [-0.4, -0.2) is 54.1 Å². The van der Waals surface area contributed by atoms with Gasteiger partial charge in [-0.15, -0.1) is 0 Å². The largest absolute Gasteiger partial charge is 0.346 e. The first-order valence-corrected chi connectivity index (χ1v) is 11.8. The van der Waals surface area contributed by atoms with E-state index in [9.17, 15) is 9.59 Å². The molecule has 0 radical (unpaired) electrons. The fourth-order valence-electron chi connectivity index (χ4n) is 4.04. The lowest BCUT2D eigenvalue weighted by Crippen LogP contribution is -2.49. The van der Waals surface area contributed by atoms with Crippen molar-refractivity contribution >= 4 is 35.1 Å². The van der Waals surface area contributed by atoms with Crippen LogP contribution in [0.3, 0.4) is 0 Å². The summed E-state index contributed by atoms with van der Waals surface area (Å²) in [6.45, 7) is 2.64. The summed E-state index contributed by atoms with van der Waals surface area (Å²) in [4.78, 5) is 28.3. The second-order valence-corrected chi connectivity index (χ2v) is 8.94. The smallest absolute Gasteiger partial charge is 0.317 e. The highest BCUT2D eigenvalue weighted by atomic mass is 35.5. The Morgan fingerprint density at radius 1 is 1.06 bits per heavy atom. The van der Waals surface area contributed by atoms with E-state index in [0.29, 0.717) is 36.0 Å². The number of halogens is 2. The molecular weight excluding hydrogens is 449 g/mol. The molecule has 2 saturated heterocycles. The monoisotopic (exact) mass is 475 g/mol. The maximum Gasteiger partial charge on any atom is 0.317 e. The Morgan fingerprint density at radius 2 is 1.84 bits per heavy atom. The predicted octanol–water partition coefficient (Wildman–Crippen LogP) is 4.85. The number of nitrogens with zero attached hydrogens (tertiary/aromatic N) is 2. The van der Waals surface area contributed by atoms with Crippen LogP contribution < -0.4 is 5.32 Å². The highest BCUT2D eigenvalue weighted by molar-refractivity contribution is 6.35. The summed E-state index contributed by atoms with van der Waals surface area (Å²) in [6, 6.07) is 15.1. The molecule has 2 fully saturated rings. The van der Waals surface area contributed by atoms with E-state index in [1.54, 1.807) is 21.9 Å². The minimum Gasteiger partial charge on any atom is -0.346 e. The van der Waals surface area contributed by atoms with Crippen LogP contribution in [-0.2, 0) is 9.53 Å². The Kier molecular flexibility index (Phi) is 7.55. The van der Waals surface area contributed by atoms with Gasteiger partial charge < -0.3 is 19.9 Å². The minimum absolute atomic E-state index is 0.0666. The van der Waals surface area contributed by atoms with Crippen LogP contribution >= 0.6 is 23.2 Å². The number of urea groups is 1. The van der Waals surface area contributed by atoms with Crippen molar-refractivity contribution in [3.8, 4) is 0 Å². The third-order valence-electron chi connectivity index (χ3n) is 5.91. The van der Waals surface area contributed by atoms with Gasteiger partial charge in [-0.3, -0.25) is 4.79 Å². The van der Waals surface area contributed by atoms with Crippen LogP contribution in [0.25, 0.3) is 0 Å². The zero-order valence-corrected chi connectivity index (χ0v) is 19.3. The Labute approximate surface area is 198 Å². The number of hydrogen-bond donors (Lipinski definition) is 1. The number of likely N-dealkylation sites (tertiary alicyclic amines) is 2. The van der Waals surface area contributed by atoms with E-state index >= 15 is 0 Å². The fourth-order valence-corrected chi connectivity index (χ4v) is 4.54. The number of rotatable bonds is 8. The van der Waals surface area contributed by atoms with Crippen LogP contribution in [0.1, 0.15) is 42.9 Å². The van der Waals surface area contributed by atoms with E-state index in [2.05, 4.69) is 5.32 Å². The van der Waals surface area contributed by atoms with E-state index in [1.807, 2.05) is 36.4 Å². The highest BCUT2D eigenvalue weighted by Gasteiger charge is 2.32. The fraction of sp³-hybridized carbons (Fsp3) is 0.417. The molecule has 4 rings (SSSR count). The molecular formula is C24H27Cl2N3O3. The van der Waals surface area contributed by atoms with Crippen molar-refractivity contribution < 1.29 is 14.3 Å². The average Bonchev–Trinajstić information content (AvgIpc) is 3.16. The predicted molar refractivity (Wildman–Crippen MR) is 125 cm³/mol. The number of ether oxygens (including phenoxy) is 1. The first-order valence-electron chi connectivity index (χ1n) is 11.0. The van der Waals surface area contributed by atoms with Gasteiger partial charge >= 0.3 is 6.03 Å². The Balaban J connectivity index is 1.55. The molecule has 32 heavy (non-hydrogen) atoms.